The number of nitrogens with one attached hydrogen (secondary N) is 3. The Balaban J connectivity index is 1.48. The van der Waals surface area contributed by atoms with E-state index in [1.165, 1.54) is 12.3 Å². The zero-order valence-corrected chi connectivity index (χ0v) is 18.1. The standard InChI is InChI=1S/C22H27ClFN5O2/c23-17-13-26-20(29-22(30)15-2-1-7-25-12-15)10-16(17)19-4-3-18(24)21(28-19)27-11-14-5-8-31-9-6-14/h3-4,10,13-15,25H,1-2,5-9,11-12H2,(H,27,28)(H,26,29,30)/t15-/m1/s1. The summed E-state index contributed by atoms with van der Waals surface area (Å²) in [6.07, 6.45) is 5.20. The third-order valence-corrected chi connectivity index (χ3v) is 6.10. The van der Waals surface area contributed by atoms with Crippen molar-refractivity contribution in [2.24, 2.45) is 11.8 Å². The van der Waals surface area contributed by atoms with Crippen LogP contribution in [-0.4, -0.2) is 48.7 Å². The summed E-state index contributed by atoms with van der Waals surface area (Å²) in [4.78, 5) is 21.2. The lowest BCUT2D eigenvalue weighted by atomic mass is 9.99. The van der Waals surface area contributed by atoms with Gasteiger partial charge in [-0.2, -0.15) is 0 Å². The first-order chi connectivity index (χ1) is 15.1. The number of halogens is 2. The van der Waals surface area contributed by atoms with E-state index in [-0.39, 0.29) is 17.6 Å². The molecule has 1 amide bonds. The maximum absolute atomic E-state index is 14.3. The van der Waals surface area contributed by atoms with Crippen molar-refractivity contribution in [2.75, 3.05) is 43.5 Å². The van der Waals surface area contributed by atoms with Gasteiger partial charge in [-0.25, -0.2) is 14.4 Å². The van der Waals surface area contributed by atoms with Gasteiger partial charge in [-0.05, 0) is 56.3 Å². The Kier molecular flexibility index (Phi) is 7.32. The minimum absolute atomic E-state index is 0.0705. The van der Waals surface area contributed by atoms with Gasteiger partial charge in [0.05, 0.1) is 16.6 Å². The smallest absolute Gasteiger partial charge is 0.229 e. The number of carbonyl (C=O) groups is 1. The number of carbonyl (C=O) groups excluding carboxylic acids is 1. The van der Waals surface area contributed by atoms with E-state index in [1.54, 1.807) is 12.1 Å². The number of rotatable bonds is 6. The predicted molar refractivity (Wildman–Crippen MR) is 119 cm³/mol. The van der Waals surface area contributed by atoms with Crippen LogP contribution in [0.3, 0.4) is 0 Å². The van der Waals surface area contributed by atoms with E-state index in [2.05, 4.69) is 25.9 Å². The molecule has 0 aromatic carbocycles. The molecule has 3 N–H and O–H groups in total. The number of aromatic nitrogens is 2. The van der Waals surface area contributed by atoms with E-state index in [4.69, 9.17) is 16.3 Å². The first-order valence-electron chi connectivity index (χ1n) is 10.8. The van der Waals surface area contributed by atoms with Crippen molar-refractivity contribution in [3.8, 4) is 11.3 Å². The zero-order chi connectivity index (χ0) is 21.6. The molecule has 2 aliphatic heterocycles. The fourth-order valence-corrected chi connectivity index (χ4v) is 4.12. The highest BCUT2D eigenvalue weighted by Gasteiger charge is 2.22. The van der Waals surface area contributed by atoms with E-state index in [9.17, 15) is 9.18 Å². The molecule has 0 radical (unpaired) electrons. The van der Waals surface area contributed by atoms with Crippen LogP contribution in [0.2, 0.25) is 5.02 Å². The summed E-state index contributed by atoms with van der Waals surface area (Å²) in [6.45, 7) is 3.71. The predicted octanol–water partition coefficient (Wildman–Crippen LogP) is 3.71. The summed E-state index contributed by atoms with van der Waals surface area (Å²) in [5, 5.41) is 9.60. The van der Waals surface area contributed by atoms with Gasteiger partial charge in [0.1, 0.15) is 5.82 Å². The van der Waals surface area contributed by atoms with Crippen molar-refractivity contribution < 1.29 is 13.9 Å². The van der Waals surface area contributed by atoms with E-state index in [0.29, 0.717) is 41.1 Å². The third-order valence-electron chi connectivity index (χ3n) is 5.80. The van der Waals surface area contributed by atoms with Crippen molar-refractivity contribution in [2.45, 2.75) is 25.7 Å². The minimum atomic E-state index is -0.417. The van der Waals surface area contributed by atoms with Crippen molar-refractivity contribution >= 4 is 29.1 Å². The molecule has 4 heterocycles. The molecule has 2 fully saturated rings. The maximum atomic E-state index is 14.3. The van der Waals surface area contributed by atoms with Crippen LogP contribution in [0, 0.1) is 17.7 Å². The first-order valence-corrected chi connectivity index (χ1v) is 11.1. The van der Waals surface area contributed by atoms with Gasteiger partial charge in [-0.3, -0.25) is 4.79 Å². The van der Waals surface area contributed by atoms with Gasteiger partial charge in [0.2, 0.25) is 5.91 Å². The van der Waals surface area contributed by atoms with Crippen LogP contribution in [0.25, 0.3) is 11.3 Å². The Morgan fingerprint density at radius 3 is 2.90 bits per heavy atom. The molecular formula is C22H27ClFN5O2. The van der Waals surface area contributed by atoms with Crippen molar-refractivity contribution in [3.05, 3.63) is 35.2 Å². The summed E-state index contributed by atoms with van der Waals surface area (Å²) in [7, 11) is 0. The fourth-order valence-electron chi connectivity index (χ4n) is 3.91. The van der Waals surface area contributed by atoms with Gasteiger partial charge in [0.25, 0.3) is 0 Å². The molecule has 166 valence electrons. The van der Waals surface area contributed by atoms with Crippen LogP contribution >= 0.6 is 11.6 Å². The molecule has 0 bridgehead atoms. The zero-order valence-electron chi connectivity index (χ0n) is 17.3. The van der Waals surface area contributed by atoms with Gasteiger partial charge in [-0.1, -0.05) is 11.6 Å². The average molecular weight is 448 g/mol. The third kappa shape index (κ3) is 5.70. The second-order valence-electron chi connectivity index (χ2n) is 8.05. The van der Waals surface area contributed by atoms with Gasteiger partial charge in [-0.15, -0.1) is 0 Å². The number of ether oxygens (including phenoxy) is 1. The molecule has 0 spiro atoms. The molecule has 4 rings (SSSR count). The molecule has 1 atom stereocenters. The lowest BCUT2D eigenvalue weighted by molar-refractivity contribution is -0.120. The molecule has 0 unspecified atom stereocenters. The van der Waals surface area contributed by atoms with Crippen LogP contribution in [0.1, 0.15) is 25.7 Å². The molecule has 2 aliphatic rings. The largest absolute Gasteiger partial charge is 0.381 e. The van der Waals surface area contributed by atoms with E-state index in [0.717, 1.165) is 45.4 Å². The Morgan fingerprint density at radius 2 is 2.13 bits per heavy atom. The number of hydrogen-bond acceptors (Lipinski definition) is 6. The molecule has 31 heavy (non-hydrogen) atoms. The van der Waals surface area contributed by atoms with Crippen molar-refractivity contribution in [1.82, 2.24) is 15.3 Å². The van der Waals surface area contributed by atoms with Crippen LogP contribution in [-0.2, 0) is 9.53 Å². The topological polar surface area (TPSA) is 88.2 Å². The molecule has 7 nitrogen and oxygen atoms in total. The Morgan fingerprint density at radius 1 is 1.29 bits per heavy atom. The van der Waals surface area contributed by atoms with Crippen molar-refractivity contribution in [3.63, 3.8) is 0 Å². The quantitative estimate of drug-likeness (QED) is 0.625. The molecular weight excluding hydrogens is 421 g/mol. The number of hydrogen-bond donors (Lipinski definition) is 3. The minimum Gasteiger partial charge on any atom is -0.381 e. The van der Waals surface area contributed by atoms with Crippen LogP contribution in [0.15, 0.2) is 24.4 Å². The van der Waals surface area contributed by atoms with E-state index >= 15 is 0 Å². The lowest BCUT2D eigenvalue weighted by Crippen LogP contribution is -2.37. The number of pyridine rings is 2. The van der Waals surface area contributed by atoms with Crippen LogP contribution in [0.4, 0.5) is 16.0 Å². The first kappa shape index (κ1) is 21.9. The summed E-state index contributed by atoms with van der Waals surface area (Å²) in [5.41, 5.74) is 1.10. The Bertz CT molecular complexity index is 917. The molecule has 2 aromatic rings. The second kappa shape index (κ2) is 10.3. The fraction of sp³-hybridized carbons (Fsp3) is 0.500. The van der Waals surface area contributed by atoms with Crippen molar-refractivity contribution in [1.29, 1.82) is 0 Å². The summed E-state index contributed by atoms with van der Waals surface area (Å²) in [6, 6.07) is 4.63. The SMILES string of the molecule is O=C(Nc1cc(-c2ccc(F)c(NCC3CCOCC3)n2)c(Cl)cn1)[C@@H]1CCCNC1. The summed E-state index contributed by atoms with van der Waals surface area (Å²) < 4.78 is 19.7. The number of piperidine rings is 1. The Hall–Kier alpha value is -2.29. The van der Waals surface area contributed by atoms with Gasteiger partial charge >= 0.3 is 0 Å². The highest BCUT2D eigenvalue weighted by molar-refractivity contribution is 6.33. The second-order valence-corrected chi connectivity index (χ2v) is 8.45. The lowest BCUT2D eigenvalue weighted by Gasteiger charge is -2.22. The highest BCUT2D eigenvalue weighted by Crippen LogP contribution is 2.30. The van der Waals surface area contributed by atoms with Gasteiger partial charge < -0.3 is 20.7 Å². The molecule has 0 aliphatic carbocycles. The maximum Gasteiger partial charge on any atom is 0.229 e. The number of amides is 1. The average Bonchev–Trinajstić information content (AvgIpc) is 2.81. The highest BCUT2D eigenvalue weighted by atomic mass is 35.5. The monoisotopic (exact) mass is 447 g/mol. The molecule has 2 saturated heterocycles. The van der Waals surface area contributed by atoms with Gasteiger partial charge in [0, 0.05) is 38.1 Å². The summed E-state index contributed by atoms with van der Waals surface area (Å²) >= 11 is 6.35. The molecule has 2 aromatic heterocycles. The number of anilines is 2. The van der Waals surface area contributed by atoms with Crippen LogP contribution in [0.5, 0.6) is 0 Å². The van der Waals surface area contributed by atoms with E-state index in [1.807, 2.05) is 0 Å². The van der Waals surface area contributed by atoms with Gasteiger partial charge in [0.15, 0.2) is 11.6 Å². The molecule has 9 heteroatoms. The van der Waals surface area contributed by atoms with E-state index < -0.39 is 5.82 Å². The van der Waals surface area contributed by atoms with Crippen LogP contribution < -0.4 is 16.0 Å². The Labute approximate surface area is 186 Å². The number of nitrogens with zero attached hydrogens (tertiary/aromatic N) is 2. The molecule has 0 saturated carbocycles. The normalized spacial score (nSPS) is 19.7. The summed E-state index contributed by atoms with van der Waals surface area (Å²) in [5.74, 6) is 0.450.